The molecule has 0 spiro atoms. The van der Waals surface area contributed by atoms with E-state index in [1.165, 1.54) is 82.6 Å². The Morgan fingerprint density at radius 3 is 1.88 bits per heavy atom. The number of phenolic OH excluding ortho intramolecular Hbond substituents is 1. The molecule has 1 N–H and O–H groups in total. The summed E-state index contributed by atoms with van der Waals surface area (Å²) >= 11 is 0. The molecule has 0 aromatic heterocycles. The SMILES string of the molecule is CCCCCCCC(c1ccccc1O)C(CCCC)CCCC. The third-order valence-electron chi connectivity index (χ3n) is 5.38. The van der Waals surface area contributed by atoms with Crippen molar-refractivity contribution in [1.82, 2.24) is 0 Å². The van der Waals surface area contributed by atoms with Gasteiger partial charge in [0.05, 0.1) is 0 Å². The summed E-state index contributed by atoms with van der Waals surface area (Å²) in [5.41, 5.74) is 1.20. The molecule has 1 aromatic carbocycles. The van der Waals surface area contributed by atoms with Crippen LogP contribution >= 0.6 is 0 Å². The predicted molar refractivity (Wildman–Crippen MR) is 107 cm³/mol. The van der Waals surface area contributed by atoms with Gasteiger partial charge in [0.25, 0.3) is 0 Å². The lowest BCUT2D eigenvalue weighted by Crippen LogP contribution is -2.14. The van der Waals surface area contributed by atoms with Crippen LogP contribution in [0.1, 0.15) is 109 Å². The Hall–Kier alpha value is -0.980. The van der Waals surface area contributed by atoms with Gasteiger partial charge in [0.1, 0.15) is 5.75 Å². The zero-order chi connectivity index (χ0) is 17.6. The molecule has 1 atom stereocenters. The van der Waals surface area contributed by atoms with Crippen LogP contribution in [-0.4, -0.2) is 5.11 Å². The van der Waals surface area contributed by atoms with Crippen LogP contribution in [0.5, 0.6) is 5.75 Å². The first-order valence-corrected chi connectivity index (χ1v) is 10.5. The minimum Gasteiger partial charge on any atom is -0.508 e. The van der Waals surface area contributed by atoms with Crippen molar-refractivity contribution >= 4 is 0 Å². The van der Waals surface area contributed by atoms with Gasteiger partial charge in [-0.25, -0.2) is 0 Å². The topological polar surface area (TPSA) is 20.2 Å². The van der Waals surface area contributed by atoms with Crippen molar-refractivity contribution in [1.29, 1.82) is 0 Å². The monoisotopic (exact) mass is 332 g/mol. The fraction of sp³-hybridized carbons (Fsp3) is 0.739. The molecular weight excluding hydrogens is 292 g/mol. The summed E-state index contributed by atoms with van der Waals surface area (Å²) in [6.07, 6.45) is 15.7. The van der Waals surface area contributed by atoms with Gasteiger partial charge in [-0.3, -0.25) is 0 Å². The molecule has 0 fully saturated rings. The first kappa shape index (κ1) is 21.1. The summed E-state index contributed by atoms with van der Waals surface area (Å²) in [7, 11) is 0. The number of aromatic hydroxyl groups is 1. The molecule has 1 aromatic rings. The zero-order valence-corrected chi connectivity index (χ0v) is 16.4. The van der Waals surface area contributed by atoms with Gasteiger partial charge >= 0.3 is 0 Å². The molecule has 1 heteroatoms. The Labute approximate surface area is 150 Å². The van der Waals surface area contributed by atoms with Crippen molar-refractivity contribution in [2.45, 2.75) is 104 Å². The molecular formula is C23H40O. The summed E-state index contributed by atoms with van der Waals surface area (Å²) in [5, 5.41) is 10.4. The van der Waals surface area contributed by atoms with Crippen LogP contribution in [0.3, 0.4) is 0 Å². The first-order chi connectivity index (χ1) is 11.7. The molecule has 0 saturated heterocycles. The molecule has 0 radical (unpaired) electrons. The van der Waals surface area contributed by atoms with Gasteiger partial charge in [-0.2, -0.15) is 0 Å². The number of hydrogen-bond donors (Lipinski definition) is 1. The molecule has 0 saturated carbocycles. The van der Waals surface area contributed by atoms with E-state index >= 15 is 0 Å². The van der Waals surface area contributed by atoms with Gasteiger partial charge in [-0.15, -0.1) is 0 Å². The maximum absolute atomic E-state index is 10.4. The van der Waals surface area contributed by atoms with Gasteiger partial charge < -0.3 is 5.11 Å². The quantitative estimate of drug-likeness (QED) is 0.344. The normalized spacial score (nSPS) is 12.7. The molecule has 1 rings (SSSR count). The Morgan fingerprint density at radius 1 is 0.708 bits per heavy atom. The average Bonchev–Trinajstić information content (AvgIpc) is 2.60. The smallest absolute Gasteiger partial charge is 0.119 e. The van der Waals surface area contributed by atoms with E-state index in [1.54, 1.807) is 0 Å². The van der Waals surface area contributed by atoms with Crippen LogP contribution in [0.4, 0.5) is 0 Å². The second-order valence-corrected chi connectivity index (χ2v) is 7.41. The molecule has 0 aliphatic heterocycles. The Bertz CT molecular complexity index is 404. The highest BCUT2D eigenvalue weighted by Crippen LogP contribution is 2.40. The number of para-hydroxylation sites is 1. The van der Waals surface area contributed by atoms with E-state index in [-0.39, 0.29) is 0 Å². The van der Waals surface area contributed by atoms with Crippen molar-refractivity contribution in [3.05, 3.63) is 29.8 Å². The summed E-state index contributed by atoms with van der Waals surface area (Å²) in [4.78, 5) is 0. The Kier molecular flexibility index (Phi) is 11.7. The first-order valence-electron chi connectivity index (χ1n) is 10.5. The van der Waals surface area contributed by atoms with Crippen molar-refractivity contribution in [2.75, 3.05) is 0 Å². The largest absolute Gasteiger partial charge is 0.508 e. The van der Waals surface area contributed by atoms with Gasteiger partial charge in [0.2, 0.25) is 0 Å². The maximum Gasteiger partial charge on any atom is 0.119 e. The van der Waals surface area contributed by atoms with Crippen molar-refractivity contribution in [2.24, 2.45) is 5.92 Å². The number of rotatable bonds is 14. The van der Waals surface area contributed by atoms with E-state index in [0.29, 0.717) is 11.7 Å². The van der Waals surface area contributed by atoms with Crippen LogP contribution < -0.4 is 0 Å². The molecule has 0 aliphatic rings. The lowest BCUT2D eigenvalue weighted by atomic mass is 9.77. The third-order valence-corrected chi connectivity index (χ3v) is 5.38. The molecule has 0 bridgehead atoms. The van der Waals surface area contributed by atoms with Crippen LogP contribution in [0.2, 0.25) is 0 Å². The van der Waals surface area contributed by atoms with Gasteiger partial charge in [-0.05, 0) is 42.7 Å². The highest BCUT2D eigenvalue weighted by molar-refractivity contribution is 5.35. The van der Waals surface area contributed by atoms with E-state index in [4.69, 9.17) is 0 Å². The fourth-order valence-electron chi connectivity index (χ4n) is 3.89. The Balaban J connectivity index is 2.81. The number of benzene rings is 1. The third kappa shape index (κ3) is 7.73. The lowest BCUT2D eigenvalue weighted by Gasteiger charge is -2.28. The molecule has 24 heavy (non-hydrogen) atoms. The summed E-state index contributed by atoms with van der Waals surface area (Å²) in [5.74, 6) is 1.77. The zero-order valence-electron chi connectivity index (χ0n) is 16.4. The molecule has 1 nitrogen and oxygen atoms in total. The van der Waals surface area contributed by atoms with E-state index in [0.717, 1.165) is 5.92 Å². The molecule has 0 heterocycles. The van der Waals surface area contributed by atoms with E-state index in [1.807, 2.05) is 12.1 Å². The minimum atomic E-state index is 0.508. The molecule has 138 valence electrons. The summed E-state index contributed by atoms with van der Waals surface area (Å²) < 4.78 is 0. The fourth-order valence-corrected chi connectivity index (χ4v) is 3.89. The molecule has 1 unspecified atom stereocenters. The average molecular weight is 333 g/mol. The second kappa shape index (κ2) is 13.3. The summed E-state index contributed by atoms with van der Waals surface area (Å²) in [6.45, 7) is 6.85. The van der Waals surface area contributed by atoms with E-state index in [2.05, 4.69) is 32.9 Å². The van der Waals surface area contributed by atoms with Crippen molar-refractivity contribution < 1.29 is 5.11 Å². The minimum absolute atomic E-state index is 0.508. The highest BCUT2D eigenvalue weighted by atomic mass is 16.3. The van der Waals surface area contributed by atoms with Crippen molar-refractivity contribution in [3.8, 4) is 5.75 Å². The van der Waals surface area contributed by atoms with Crippen LogP contribution in [0.25, 0.3) is 0 Å². The number of hydrogen-bond acceptors (Lipinski definition) is 1. The lowest BCUT2D eigenvalue weighted by molar-refractivity contribution is 0.320. The van der Waals surface area contributed by atoms with Gasteiger partial charge in [0, 0.05) is 0 Å². The van der Waals surface area contributed by atoms with Crippen molar-refractivity contribution in [3.63, 3.8) is 0 Å². The Morgan fingerprint density at radius 2 is 1.29 bits per heavy atom. The van der Waals surface area contributed by atoms with E-state index in [9.17, 15) is 5.11 Å². The van der Waals surface area contributed by atoms with Crippen LogP contribution in [0.15, 0.2) is 24.3 Å². The van der Waals surface area contributed by atoms with Crippen LogP contribution in [-0.2, 0) is 0 Å². The maximum atomic E-state index is 10.4. The van der Waals surface area contributed by atoms with Gasteiger partial charge in [-0.1, -0.05) is 96.8 Å². The second-order valence-electron chi connectivity index (χ2n) is 7.41. The molecule has 0 amide bonds. The van der Waals surface area contributed by atoms with Crippen LogP contribution in [0, 0.1) is 5.92 Å². The highest BCUT2D eigenvalue weighted by Gasteiger charge is 2.24. The van der Waals surface area contributed by atoms with E-state index < -0.39 is 0 Å². The number of phenols is 1. The summed E-state index contributed by atoms with van der Waals surface area (Å²) in [6, 6.07) is 8.08. The standard InChI is InChI=1S/C23H40O/c1-4-7-10-11-12-17-21(22-18-13-14-19-23(22)24)20(15-8-5-2)16-9-6-3/h13-14,18-21,24H,4-12,15-17H2,1-3H3. The van der Waals surface area contributed by atoms with Gasteiger partial charge in [0.15, 0.2) is 0 Å². The number of unbranched alkanes of at least 4 members (excludes halogenated alkanes) is 6. The predicted octanol–water partition coefficient (Wildman–Crippen LogP) is 7.83. The molecule has 0 aliphatic carbocycles.